The van der Waals surface area contributed by atoms with E-state index in [4.69, 9.17) is 4.74 Å². The molecule has 0 spiro atoms. The third kappa shape index (κ3) is 4.77. The van der Waals surface area contributed by atoms with Gasteiger partial charge in [-0.1, -0.05) is 13.8 Å². The molecule has 0 aliphatic heterocycles. The molecule has 0 aromatic carbocycles. The van der Waals surface area contributed by atoms with Crippen molar-refractivity contribution in [3.63, 3.8) is 0 Å². The molecule has 0 atom stereocenters. The highest BCUT2D eigenvalue weighted by Crippen LogP contribution is 2.11. The summed E-state index contributed by atoms with van der Waals surface area (Å²) in [6, 6.07) is 0. The lowest BCUT2D eigenvalue weighted by molar-refractivity contribution is 0.0526. The summed E-state index contributed by atoms with van der Waals surface area (Å²) in [4.78, 5) is 15.7. The number of amides is 1. The van der Waals surface area contributed by atoms with E-state index in [9.17, 15) is 4.79 Å². The maximum atomic E-state index is 11.4. The second kappa shape index (κ2) is 5.89. The number of hydrogen-bond donors (Lipinski definition) is 1. The number of carbonyl (C=O) groups excluding carboxylic acids is 1. The molecule has 0 aliphatic rings. The fraction of sp³-hybridized carbons (Fsp3) is 0.692. The van der Waals surface area contributed by atoms with Crippen LogP contribution in [0.3, 0.4) is 0 Å². The zero-order chi connectivity index (χ0) is 13.8. The topological polar surface area (TPSA) is 56.2 Å². The van der Waals surface area contributed by atoms with Crippen LogP contribution in [0.15, 0.2) is 12.4 Å². The van der Waals surface area contributed by atoms with Crippen LogP contribution in [-0.4, -0.2) is 27.8 Å². The number of rotatable bonds is 4. The van der Waals surface area contributed by atoms with Crippen molar-refractivity contribution in [1.29, 1.82) is 0 Å². The average Bonchev–Trinajstić information content (AvgIpc) is 2.62. The van der Waals surface area contributed by atoms with Gasteiger partial charge in [0.1, 0.15) is 11.4 Å². The summed E-state index contributed by atoms with van der Waals surface area (Å²) >= 11 is 0. The third-order valence-electron chi connectivity index (χ3n) is 2.29. The Kier molecular flexibility index (Phi) is 4.76. The Balaban J connectivity index is 2.38. The second-order valence-electron chi connectivity index (χ2n) is 5.56. The molecule has 0 aliphatic carbocycles. The first-order valence-electron chi connectivity index (χ1n) is 6.27. The van der Waals surface area contributed by atoms with Crippen LogP contribution in [-0.2, 0) is 11.3 Å². The number of alkyl carbamates (subject to hydrolysis) is 1. The minimum absolute atomic E-state index is 0.376. The number of carbonyl (C=O) groups is 1. The zero-order valence-electron chi connectivity index (χ0n) is 11.9. The summed E-state index contributed by atoms with van der Waals surface area (Å²) in [6.45, 7) is 11.0. The standard InChI is InChI=1S/C13H23N3O2/c1-10(2)11-14-6-8-16(11)9-7-15-12(17)18-13(3,4)5/h6,8,10H,7,9H2,1-5H3,(H,15,17). The van der Waals surface area contributed by atoms with Crippen LogP contribution in [0.1, 0.15) is 46.4 Å². The monoisotopic (exact) mass is 253 g/mol. The smallest absolute Gasteiger partial charge is 0.407 e. The molecule has 1 heterocycles. The molecule has 18 heavy (non-hydrogen) atoms. The Morgan fingerprint density at radius 1 is 1.50 bits per heavy atom. The lowest BCUT2D eigenvalue weighted by atomic mass is 10.2. The van der Waals surface area contributed by atoms with E-state index in [1.807, 2.05) is 31.5 Å². The highest BCUT2D eigenvalue weighted by Gasteiger charge is 2.15. The third-order valence-corrected chi connectivity index (χ3v) is 2.29. The summed E-state index contributed by atoms with van der Waals surface area (Å²) in [5, 5.41) is 2.73. The van der Waals surface area contributed by atoms with Crippen LogP contribution < -0.4 is 5.32 Å². The van der Waals surface area contributed by atoms with E-state index in [1.54, 1.807) is 6.20 Å². The second-order valence-corrected chi connectivity index (χ2v) is 5.56. The summed E-state index contributed by atoms with van der Waals surface area (Å²) in [7, 11) is 0. The summed E-state index contributed by atoms with van der Waals surface area (Å²) in [6.07, 6.45) is 3.32. The zero-order valence-corrected chi connectivity index (χ0v) is 11.9. The molecule has 0 saturated carbocycles. The minimum atomic E-state index is -0.456. The van der Waals surface area contributed by atoms with Crippen LogP contribution in [0, 0.1) is 0 Å². The lowest BCUT2D eigenvalue weighted by Gasteiger charge is -2.20. The summed E-state index contributed by atoms with van der Waals surface area (Å²) in [5.41, 5.74) is -0.456. The first-order chi connectivity index (χ1) is 8.29. The van der Waals surface area contributed by atoms with Crippen LogP contribution in [0.5, 0.6) is 0 Å². The van der Waals surface area contributed by atoms with Gasteiger partial charge in [0.2, 0.25) is 0 Å². The molecule has 1 aromatic rings. The van der Waals surface area contributed by atoms with E-state index in [2.05, 4.69) is 24.1 Å². The molecule has 1 aromatic heterocycles. The number of hydrogen-bond acceptors (Lipinski definition) is 3. The maximum absolute atomic E-state index is 11.4. The summed E-state index contributed by atoms with van der Waals surface area (Å²) < 4.78 is 7.20. The lowest BCUT2D eigenvalue weighted by Crippen LogP contribution is -2.34. The van der Waals surface area contributed by atoms with Gasteiger partial charge in [-0.2, -0.15) is 0 Å². The molecule has 1 N–H and O–H groups in total. The fourth-order valence-electron chi connectivity index (χ4n) is 1.60. The molecule has 0 fully saturated rings. The van der Waals surface area contributed by atoms with Crippen LogP contribution in [0.4, 0.5) is 4.79 Å². The van der Waals surface area contributed by atoms with E-state index in [1.165, 1.54) is 0 Å². The molecule has 1 rings (SSSR count). The van der Waals surface area contributed by atoms with Gasteiger partial charge in [0, 0.05) is 31.4 Å². The van der Waals surface area contributed by atoms with Gasteiger partial charge < -0.3 is 14.6 Å². The number of nitrogens with one attached hydrogen (secondary N) is 1. The predicted molar refractivity (Wildman–Crippen MR) is 70.6 cm³/mol. The highest BCUT2D eigenvalue weighted by molar-refractivity contribution is 5.67. The van der Waals surface area contributed by atoms with Crippen molar-refractivity contribution in [2.24, 2.45) is 0 Å². The number of ether oxygens (including phenoxy) is 1. The van der Waals surface area contributed by atoms with Gasteiger partial charge in [-0.3, -0.25) is 0 Å². The van der Waals surface area contributed by atoms with Gasteiger partial charge in [0.15, 0.2) is 0 Å². The molecule has 5 nitrogen and oxygen atoms in total. The Morgan fingerprint density at radius 2 is 2.17 bits per heavy atom. The van der Waals surface area contributed by atoms with Gasteiger partial charge in [-0.25, -0.2) is 9.78 Å². The molecule has 102 valence electrons. The normalized spacial score (nSPS) is 11.7. The van der Waals surface area contributed by atoms with Crippen LogP contribution in [0.25, 0.3) is 0 Å². The molecule has 0 saturated heterocycles. The molecule has 0 radical (unpaired) electrons. The molecule has 0 unspecified atom stereocenters. The van der Waals surface area contributed by atoms with Crippen molar-refractivity contribution in [3.05, 3.63) is 18.2 Å². The van der Waals surface area contributed by atoms with Gasteiger partial charge in [0.25, 0.3) is 0 Å². The Labute approximate surface area is 109 Å². The van der Waals surface area contributed by atoms with Crippen molar-refractivity contribution in [1.82, 2.24) is 14.9 Å². The van der Waals surface area contributed by atoms with Crippen molar-refractivity contribution in [2.45, 2.75) is 52.7 Å². The molecule has 0 bridgehead atoms. The first kappa shape index (κ1) is 14.5. The average molecular weight is 253 g/mol. The van der Waals surface area contributed by atoms with Gasteiger partial charge in [-0.15, -0.1) is 0 Å². The molecule has 1 amide bonds. The van der Waals surface area contributed by atoms with E-state index in [0.29, 0.717) is 19.0 Å². The minimum Gasteiger partial charge on any atom is -0.444 e. The van der Waals surface area contributed by atoms with Crippen LogP contribution in [0.2, 0.25) is 0 Å². The molecule has 5 heteroatoms. The highest BCUT2D eigenvalue weighted by atomic mass is 16.6. The Hall–Kier alpha value is -1.52. The Bertz CT molecular complexity index is 391. The molecular formula is C13H23N3O2. The van der Waals surface area contributed by atoms with Crippen molar-refractivity contribution < 1.29 is 9.53 Å². The largest absolute Gasteiger partial charge is 0.444 e. The van der Waals surface area contributed by atoms with Crippen molar-refractivity contribution in [2.75, 3.05) is 6.54 Å². The maximum Gasteiger partial charge on any atom is 0.407 e. The van der Waals surface area contributed by atoms with Gasteiger partial charge >= 0.3 is 6.09 Å². The quantitative estimate of drug-likeness (QED) is 0.897. The van der Waals surface area contributed by atoms with Crippen molar-refractivity contribution in [3.8, 4) is 0 Å². The fourth-order valence-corrected chi connectivity index (χ4v) is 1.60. The van der Waals surface area contributed by atoms with Gasteiger partial charge in [-0.05, 0) is 20.8 Å². The van der Waals surface area contributed by atoms with E-state index in [0.717, 1.165) is 5.82 Å². The number of aromatic nitrogens is 2. The summed E-state index contributed by atoms with van der Waals surface area (Å²) in [5.74, 6) is 1.41. The first-order valence-corrected chi connectivity index (χ1v) is 6.27. The van der Waals surface area contributed by atoms with Crippen molar-refractivity contribution >= 4 is 6.09 Å². The number of imidazole rings is 1. The van der Waals surface area contributed by atoms with Crippen LogP contribution >= 0.6 is 0 Å². The van der Waals surface area contributed by atoms with E-state index in [-0.39, 0.29) is 6.09 Å². The van der Waals surface area contributed by atoms with E-state index < -0.39 is 5.60 Å². The predicted octanol–water partition coefficient (Wildman–Crippen LogP) is 2.53. The number of nitrogens with zero attached hydrogens (tertiary/aromatic N) is 2. The SMILES string of the molecule is CC(C)c1nccn1CCNC(=O)OC(C)(C)C. The van der Waals surface area contributed by atoms with E-state index >= 15 is 0 Å². The Morgan fingerprint density at radius 3 is 2.72 bits per heavy atom. The van der Waals surface area contributed by atoms with Gasteiger partial charge in [0.05, 0.1) is 0 Å². The molecular weight excluding hydrogens is 230 g/mol.